The summed E-state index contributed by atoms with van der Waals surface area (Å²) in [5, 5.41) is 6.86. The van der Waals surface area contributed by atoms with Gasteiger partial charge in [-0.1, -0.05) is 30.3 Å². The van der Waals surface area contributed by atoms with Crippen LogP contribution in [0.5, 0.6) is 5.75 Å². The fourth-order valence-electron chi connectivity index (χ4n) is 2.11. The van der Waals surface area contributed by atoms with E-state index in [-0.39, 0.29) is 5.91 Å². The summed E-state index contributed by atoms with van der Waals surface area (Å²) in [6.07, 6.45) is 1.77. The lowest BCUT2D eigenvalue weighted by atomic mass is 10.2. The van der Waals surface area contributed by atoms with E-state index >= 15 is 0 Å². The van der Waals surface area contributed by atoms with Crippen molar-refractivity contribution < 1.29 is 9.53 Å². The molecule has 0 fully saturated rings. The van der Waals surface area contributed by atoms with Crippen LogP contribution in [0.15, 0.2) is 66.9 Å². The number of benzene rings is 2. The van der Waals surface area contributed by atoms with Gasteiger partial charge >= 0.3 is 0 Å². The number of rotatable bonds is 5. The van der Waals surface area contributed by atoms with E-state index in [4.69, 9.17) is 4.74 Å². The number of ether oxygens (including phenoxy) is 1. The normalized spacial score (nSPS) is 10.3. The maximum atomic E-state index is 12.1. The van der Waals surface area contributed by atoms with E-state index < -0.39 is 0 Å². The van der Waals surface area contributed by atoms with Gasteiger partial charge in [0.25, 0.3) is 5.91 Å². The van der Waals surface area contributed by atoms with Gasteiger partial charge in [0.15, 0.2) is 5.82 Å². The Balaban J connectivity index is 1.59. The largest absolute Gasteiger partial charge is 0.489 e. The molecular formula is C18H17N3O2. The maximum Gasteiger partial charge on any atom is 0.256 e. The second kappa shape index (κ2) is 6.79. The van der Waals surface area contributed by atoms with Gasteiger partial charge in [0.1, 0.15) is 12.4 Å². The van der Waals surface area contributed by atoms with Crippen LogP contribution in [0.1, 0.15) is 15.9 Å². The molecule has 0 bridgehead atoms. The average molecular weight is 307 g/mol. The summed E-state index contributed by atoms with van der Waals surface area (Å²) >= 11 is 0. The first-order valence-corrected chi connectivity index (χ1v) is 7.28. The monoisotopic (exact) mass is 307 g/mol. The van der Waals surface area contributed by atoms with Crippen LogP contribution in [0.4, 0.5) is 5.82 Å². The lowest BCUT2D eigenvalue weighted by Gasteiger charge is -2.07. The van der Waals surface area contributed by atoms with Crippen LogP contribution in [0.2, 0.25) is 0 Å². The van der Waals surface area contributed by atoms with Crippen LogP contribution in [0.3, 0.4) is 0 Å². The Morgan fingerprint density at radius 1 is 1.09 bits per heavy atom. The van der Waals surface area contributed by atoms with Crippen molar-refractivity contribution in [1.29, 1.82) is 0 Å². The van der Waals surface area contributed by atoms with Gasteiger partial charge in [-0.05, 0) is 29.8 Å². The lowest BCUT2D eigenvalue weighted by molar-refractivity contribution is 0.102. The molecule has 0 saturated heterocycles. The number of hydrogen-bond donors (Lipinski definition) is 1. The molecule has 0 radical (unpaired) electrons. The van der Waals surface area contributed by atoms with Gasteiger partial charge < -0.3 is 10.1 Å². The van der Waals surface area contributed by atoms with Gasteiger partial charge in [-0.15, -0.1) is 0 Å². The molecule has 3 aromatic rings. The van der Waals surface area contributed by atoms with Crippen LogP contribution in [0.25, 0.3) is 0 Å². The Bertz CT molecular complexity index is 780. The quantitative estimate of drug-likeness (QED) is 0.787. The highest BCUT2D eigenvalue weighted by atomic mass is 16.5. The highest BCUT2D eigenvalue weighted by Gasteiger charge is 2.07. The molecule has 1 amide bonds. The second-order valence-electron chi connectivity index (χ2n) is 5.13. The standard InChI is InChI=1S/C18H17N3O2/c1-21-12-11-17(20-21)19-18(22)15-7-9-16(10-8-15)23-13-14-5-3-2-4-6-14/h2-12H,13H2,1H3,(H,19,20,22). The molecule has 0 saturated carbocycles. The van der Waals surface area contributed by atoms with Crippen molar-refractivity contribution in [2.75, 3.05) is 5.32 Å². The number of nitrogens with zero attached hydrogens (tertiary/aromatic N) is 2. The molecule has 1 heterocycles. The van der Waals surface area contributed by atoms with E-state index in [1.165, 1.54) is 0 Å². The van der Waals surface area contributed by atoms with Crippen molar-refractivity contribution >= 4 is 11.7 Å². The third-order valence-corrected chi connectivity index (χ3v) is 3.32. The van der Waals surface area contributed by atoms with Crippen LogP contribution in [-0.2, 0) is 13.7 Å². The molecule has 0 unspecified atom stereocenters. The summed E-state index contributed by atoms with van der Waals surface area (Å²) in [5.41, 5.74) is 1.66. The zero-order valence-electron chi connectivity index (χ0n) is 12.8. The number of carbonyl (C=O) groups excluding carboxylic acids is 1. The molecule has 1 aromatic heterocycles. The van der Waals surface area contributed by atoms with Crippen LogP contribution in [0, 0.1) is 0 Å². The van der Waals surface area contributed by atoms with E-state index in [1.54, 1.807) is 48.3 Å². The second-order valence-corrected chi connectivity index (χ2v) is 5.13. The zero-order chi connectivity index (χ0) is 16.1. The number of aryl methyl sites for hydroxylation is 1. The van der Waals surface area contributed by atoms with Gasteiger partial charge in [-0.3, -0.25) is 9.48 Å². The molecule has 2 aromatic carbocycles. The third-order valence-electron chi connectivity index (χ3n) is 3.32. The third kappa shape index (κ3) is 3.97. The van der Waals surface area contributed by atoms with Crippen molar-refractivity contribution in [3.8, 4) is 5.75 Å². The van der Waals surface area contributed by atoms with Gasteiger partial charge in [0.2, 0.25) is 0 Å². The number of amides is 1. The van der Waals surface area contributed by atoms with E-state index in [9.17, 15) is 4.79 Å². The maximum absolute atomic E-state index is 12.1. The summed E-state index contributed by atoms with van der Waals surface area (Å²) in [5.74, 6) is 1.06. The van der Waals surface area contributed by atoms with Crippen LogP contribution in [-0.4, -0.2) is 15.7 Å². The summed E-state index contributed by atoms with van der Waals surface area (Å²) in [6.45, 7) is 0.500. The lowest BCUT2D eigenvalue weighted by Crippen LogP contribution is -2.12. The first kappa shape index (κ1) is 14.8. The zero-order valence-corrected chi connectivity index (χ0v) is 12.8. The van der Waals surface area contributed by atoms with Crippen LogP contribution >= 0.6 is 0 Å². The molecule has 3 rings (SSSR count). The number of anilines is 1. The predicted molar refractivity (Wildman–Crippen MR) is 88.4 cm³/mol. The fraction of sp³-hybridized carbons (Fsp3) is 0.111. The fourth-order valence-corrected chi connectivity index (χ4v) is 2.11. The topological polar surface area (TPSA) is 56.2 Å². The molecule has 0 aliphatic carbocycles. The number of carbonyl (C=O) groups is 1. The summed E-state index contributed by atoms with van der Waals surface area (Å²) < 4.78 is 7.34. The summed E-state index contributed by atoms with van der Waals surface area (Å²) in [7, 11) is 1.80. The molecule has 0 spiro atoms. The number of aromatic nitrogens is 2. The van der Waals surface area contributed by atoms with Crippen molar-refractivity contribution in [2.24, 2.45) is 7.05 Å². The van der Waals surface area contributed by atoms with Crippen molar-refractivity contribution in [1.82, 2.24) is 9.78 Å². The minimum atomic E-state index is -0.196. The Hall–Kier alpha value is -3.08. The Labute approximate surface area is 134 Å². The minimum absolute atomic E-state index is 0.196. The van der Waals surface area contributed by atoms with E-state index in [0.717, 1.165) is 11.3 Å². The van der Waals surface area contributed by atoms with E-state index in [0.29, 0.717) is 18.0 Å². The SMILES string of the molecule is Cn1ccc(NC(=O)c2ccc(OCc3ccccc3)cc2)n1. The molecule has 5 nitrogen and oxygen atoms in total. The molecular weight excluding hydrogens is 290 g/mol. The van der Waals surface area contributed by atoms with Crippen molar-refractivity contribution in [2.45, 2.75) is 6.61 Å². The molecule has 0 aliphatic heterocycles. The first-order chi connectivity index (χ1) is 11.2. The molecule has 5 heteroatoms. The molecule has 1 N–H and O–H groups in total. The highest BCUT2D eigenvalue weighted by Crippen LogP contribution is 2.15. The molecule has 23 heavy (non-hydrogen) atoms. The van der Waals surface area contributed by atoms with Gasteiger partial charge in [-0.2, -0.15) is 5.10 Å². The summed E-state index contributed by atoms with van der Waals surface area (Å²) in [6, 6.07) is 18.7. The summed E-state index contributed by atoms with van der Waals surface area (Å²) in [4.78, 5) is 12.1. The Kier molecular flexibility index (Phi) is 4.38. The van der Waals surface area contributed by atoms with Crippen molar-refractivity contribution in [3.63, 3.8) is 0 Å². The van der Waals surface area contributed by atoms with Gasteiger partial charge in [-0.25, -0.2) is 0 Å². The molecule has 0 atom stereocenters. The van der Waals surface area contributed by atoms with Crippen LogP contribution < -0.4 is 10.1 Å². The van der Waals surface area contributed by atoms with Gasteiger partial charge in [0, 0.05) is 24.9 Å². The number of nitrogens with one attached hydrogen (secondary N) is 1. The molecule has 116 valence electrons. The van der Waals surface area contributed by atoms with E-state index in [1.807, 2.05) is 30.3 Å². The molecule has 0 aliphatic rings. The minimum Gasteiger partial charge on any atom is -0.489 e. The smallest absolute Gasteiger partial charge is 0.256 e. The first-order valence-electron chi connectivity index (χ1n) is 7.28. The van der Waals surface area contributed by atoms with E-state index in [2.05, 4.69) is 10.4 Å². The number of hydrogen-bond acceptors (Lipinski definition) is 3. The average Bonchev–Trinajstić information content (AvgIpc) is 2.99. The van der Waals surface area contributed by atoms with Gasteiger partial charge in [0.05, 0.1) is 0 Å². The Morgan fingerprint density at radius 3 is 2.48 bits per heavy atom. The highest BCUT2D eigenvalue weighted by molar-refractivity contribution is 6.03. The Morgan fingerprint density at radius 2 is 1.83 bits per heavy atom. The van der Waals surface area contributed by atoms with Crippen molar-refractivity contribution in [3.05, 3.63) is 78.0 Å². The predicted octanol–water partition coefficient (Wildman–Crippen LogP) is 3.25.